The summed E-state index contributed by atoms with van der Waals surface area (Å²) in [6, 6.07) is 0. The summed E-state index contributed by atoms with van der Waals surface area (Å²) < 4.78 is 53.0. The largest absolute Gasteiger partial charge is 0.481 e. The Hall–Kier alpha value is -0.800. The van der Waals surface area contributed by atoms with Crippen molar-refractivity contribution in [2.45, 2.75) is 31.6 Å². The van der Waals surface area contributed by atoms with Crippen LogP contribution in [-0.4, -0.2) is 73.1 Å². The minimum absolute atomic E-state index is 0.0149. The molecule has 22 heavy (non-hydrogen) atoms. The maximum Gasteiger partial charge on any atom is 0.304 e. The number of rotatable bonds is 6. The Balaban J connectivity index is 1.86. The number of carboxylic acids is 1. The SMILES string of the molecule is O=C(O)CCN1CCN(S(=O)(=O)CC2CCCC2(F)F)CC1. The van der Waals surface area contributed by atoms with E-state index >= 15 is 0 Å². The Morgan fingerprint density at radius 3 is 2.36 bits per heavy atom. The van der Waals surface area contributed by atoms with E-state index in [1.165, 1.54) is 4.31 Å². The quantitative estimate of drug-likeness (QED) is 0.775. The van der Waals surface area contributed by atoms with Crippen LogP contribution in [0.3, 0.4) is 0 Å². The van der Waals surface area contributed by atoms with Crippen LogP contribution in [0.15, 0.2) is 0 Å². The summed E-state index contributed by atoms with van der Waals surface area (Å²) in [5, 5.41) is 8.63. The zero-order valence-corrected chi connectivity index (χ0v) is 13.2. The molecule has 2 fully saturated rings. The van der Waals surface area contributed by atoms with E-state index in [1.54, 1.807) is 0 Å². The van der Waals surface area contributed by atoms with E-state index in [9.17, 15) is 22.0 Å². The van der Waals surface area contributed by atoms with Gasteiger partial charge in [0.05, 0.1) is 12.2 Å². The predicted octanol–water partition coefficient (Wildman–Crippen LogP) is 0.844. The summed E-state index contributed by atoms with van der Waals surface area (Å²) >= 11 is 0. The van der Waals surface area contributed by atoms with Gasteiger partial charge in [-0.15, -0.1) is 0 Å². The molecule has 0 aromatic carbocycles. The summed E-state index contributed by atoms with van der Waals surface area (Å²) in [6.45, 7) is 1.73. The molecule has 9 heteroatoms. The van der Waals surface area contributed by atoms with Crippen LogP contribution in [-0.2, 0) is 14.8 Å². The molecule has 2 aliphatic rings. The second kappa shape index (κ2) is 6.76. The smallest absolute Gasteiger partial charge is 0.304 e. The number of piperazine rings is 1. The topological polar surface area (TPSA) is 77.9 Å². The minimum atomic E-state index is -3.68. The standard InChI is InChI=1S/C13H22F2N2O4S/c14-13(15)4-1-2-11(13)10-22(20,21)17-8-6-16(7-9-17)5-3-12(18)19/h11H,1-10H2,(H,18,19). The monoisotopic (exact) mass is 340 g/mol. The highest BCUT2D eigenvalue weighted by molar-refractivity contribution is 7.89. The first-order valence-electron chi connectivity index (χ1n) is 7.50. The highest BCUT2D eigenvalue weighted by Gasteiger charge is 2.46. The molecule has 1 aliphatic carbocycles. The maximum atomic E-state index is 13.6. The van der Waals surface area contributed by atoms with Gasteiger partial charge in [0.15, 0.2) is 0 Å². The van der Waals surface area contributed by atoms with Gasteiger partial charge in [-0.3, -0.25) is 4.79 Å². The van der Waals surface area contributed by atoms with E-state index in [4.69, 9.17) is 5.11 Å². The van der Waals surface area contributed by atoms with Crippen LogP contribution in [0.2, 0.25) is 0 Å². The molecular weight excluding hydrogens is 318 g/mol. The van der Waals surface area contributed by atoms with Crippen molar-refractivity contribution in [2.75, 3.05) is 38.5 Å². The number of nitrogens with zero attached hydrogens (tertiary/aromatic N) is 2. The van der Waals surface area contributed by atoms with E-state index in [0.717, 1.165) is 0 Å². The lowest BCUT2D eigenvalue weighted by Crippen LogP contribution is -2.50. The van der Waals surface area contributed by atoms with Crippen molar-refractivity contribution in [1.82, 2.24) is 9.21 Å². The Kier molecular flexibility index (Phi) is 5.39. The molecular formula is C13H22F2N2O4S. The highest BCUT2D eigenvalue weighted by Crippen LogP contribution is 2.41. The molecule has 6 nitrogen and oxygen atoms in total. The number of halogens is 2. The van der Waals surface area contributed by atoms with E-state index in [0.29, 0.717) is 26.1 Å². The Labute approximate surface area is 129 Å². The van der Waals surface area contributed by atoms with E-state index in [-0.39, 0.29) is 32.4 Å². The Morgan fingerprint density at radius 2 is 1.86 bits per heavy atom. The normalized spacial score (nSPS) is 27.1. The van der Waals surface area contributed by atoms with Gasteiger partial charge in [-0.25, -0.2) is 17.2 Å². The van der Waals surface area contributed by atoms with Crippen molar-refractivity contribution in [3.8, 4) is 0 Å². The number of hydrogen-bond acceptors (Lipinski definition) is 4. The lowest BCUT2D eigenvalue weighted by atomic mass is 10.1. The molecule has 128 valence electrons. The fourth-order valence-corrected chi connectivity index (χ4v) is 4.90. The highest BCUT2D eigenvalue weighted by atomic mass is 32.2. The third kappa shape index (κ3) is 4.36. The number of sulfonamides is 1. The van der Waals surface area contributed by atoms with Crippen LogP contribution in [0.4, 0.5) is 8.78 Å². The average Bonchev–Trinajstić information content (AvgIpc) is 2.75. The Bertz CT molecular complexity index is 504. The van der Waals surface area contributed by atoms with Crippen molar-refractivity contribution >= 4 is 16.0 Å². The Morgan fingerprint density at radius 1 is 1.23 bits per heavy atom. The summed E-state index contributed by atoms with van der Waals surface area (Å²) in [7, 11) is -3.68. The molecule has 0 aromatic rings. The van der Waals surface area contributed by atoms with Crippen molar-refractivity contribution in [3.63, 3.8) is 0 Å². The first kappa shape index (κ1) is 17.6. The lowest BCUT2D eigenvalue weighted by Gasteiger charge is -2.34. The minimum Gasteiger partial charge on any atom is -0.481 e. The number of alkyl halides is 2. The van der Waals surface area contributed by atoms with Crippen molar-refractivity contribution in [3.05, 3.63) is 0 Å². The van der Waals surface area contributed by atoms with Gasteiger partial charge in [0.2, 0.25) is 10.0 Å². The molecule has 1 saturated carbocycles. The maximum absolute atomic E-state index is 13.6. The number of carboxylic acid groups (broad SMARTS) is 1. The molecule has 0 bridgehead atoms. The molecule has 1 saturated heterocycles. The van der Waals surface area contributed by atoms with Crippen molar-refractivity contribution in [1.29, 1.82) is 0 Å². The van der Waals surface area contributed by atoms with E-state index in [2.05, 4.69) is 0 Å². The molecule has 1 unspecified atom stereocenters. The van der Waals surface area contributed by atoms with Crippen LogP contribution in [0.25, 0.3) is 0 Å². The van der Waals surface area contributed by atoms with Crippen LogP contribution >= 0.6 is 0 Å². The average molecular weight is 340 g/mol. The van der Waals surface area contributed by atoms with Crippen LogP contribution in [0.5, 0.6) is 0 Å². The summed E-state index contributed by atoms with van der Waals surface area (Å²) in [6.07, 6.45) is 0.415. The van der Waals surface area contributed by atoms with Gasteiger partial charge < -0.3 is 10.0 Å². The third-order valence-corrected chi connectivity index (χ3v) is 6.41. The number of carbonyl (C=O) groups is 1. The molecule has 0 amide bonds. The third-order valence-electron chi connectivity index (χ3n) is 4.44. The van der Waals surface area contributed by atoms with Gasteiger partial charge in [0.1, 0.15) is 0 Å². The zero-order valence-electron chi connectivity index (χ0n) is 12.4. The van der Waals surface area contributed by atoms with Crippen molar-refractivity contribution in [2.24, 2.45) is 5.92 Å². The molecule has 0 spiro atoms. The van der Waals surface area contributed by atoms with Crippen LogP contribution < -0.4 is 0 Å². The predicted molar refractivity (Wildman–Crippen MR) is 76.3 cm³/mol. The van der Waals surface area contributed by atoms with Gasteiger partial charge in [0.25, 0.3) is 5.92 Å². The zero-order chi connectivity index (χ0) is 16.4. The second-order valence-corrected chi connectivity index (χ2v) is 8.03. The van der Waals surface area contributed by atoms with E-state index in [1.807, 2.05) is 4.90 Å². The fraction of sp³-hybridized carbons (Fsp3) is 0.923. The molecule has 0 radical (unpaired) electrons. The van der Waals surface area contributed by atoms with Gasteiger partial charge in [0, 0.05) is 45.1 Å². The first-order chi connectivity index (χ1) is 10.2. The molecule has 1 aliphatic heterocycles. The van der Waals surface area contributed by atoms with Gasteiger partial charge in [-0.1, -0.05) is 0 Å². The molecule has 1 heterocycles. The van der Waals surface area contributed by atoms with Gasteiger partial charge >= 0.3 is 5.97 Å². The first-order valence-corrected chi connectivity index (χ1v) is 9.11. The lowest BCUT2D eigenvalue weighted by molar-refractivity contribution is -0.137. The second-order valence-electron chi connectivity index (χ2n) is 6.01. The number of aliphatic carboxylic acids is 1. The molecule has 2 rings (SSSR count). The molecule has 1 N–H and O–H groups in total. The van der Waals surface area contributed by atoms with Crippen LogP contribution in [0, 0.1) is 5.92 Å². The summed E-state index contributed by atoms with van der Waals surface area (Å²) in [4.78, 5) is 12.4. The van der Waals surface area contributed by atoms with Gasteiger partial charge in [-0.2, -0.15) is 4.31 Å². The number of hydrogen-bond donors (Lipinski definition) is 1. The summed E-state index contributed by atoms with van der Waals surface area (Å²) in [5.41, 5.74) is 0. The fourth-order valence-electron chi connectivity index (χ4n) is 3.05. The van der Waals surface area contributed by atoms with Crippen molar-refractivity contribution < 1.29 is 27.1 Å². The van der Waals surface area contributed by atoms with E-state index < -0.39 is 33.6 Å². The molecule has 0 aromatic heterocycles. The van der Waals surface area contributed by atoms with Gasteiger partial charge in [-0.05, 0) is 12.8 Å². The van der Waals surface area contributed by atoms with Crippen LogP contribution in [0.1, 0.15) is 25.7 Å². The molecule has 1 atom stereocenters. The summed E-state index contributed by atoms with van der Waals surface area (Å²) in [5.74, 6) is -5.34.